The quantitative estimate of drug-likeness (QED) is 0.938. The summed E-state index contributed by atoms with van der Waals surface area (Å²) in [6, 6.07) is 2.29. The summed E-state index contributed by atoms with van der Waals surface area (Å²) in [5.41, 5.74) is 6.55. The van der Waals surface area contributed by atoms with Gasteiger partial charge in [-0.3, -0.25) is 0 Å². The summed E-state index contributed by atoms with van der Waals surface area (Å²) in [5, 5.41) is 10.9. The van der Waals surface area contributed by atoms with Gasteiger partial charge in [-0.15, -0.1) is 10.2 Å². The third kappa shape index (κ3) is 2.27. The summed E-state index contributed by atoms with van der Waals surface area (Å²) in [6.45, 7) is 0. The fourth-order valence-corrected chi connectivity index (χ4v) is 3.31. The first-order valence-corrected chi connectivity index (χ1v) is 7.95. The van der Waals surface area contributed by atoms with Gasteiger partial charge in [-0.05, 0) is 43.5 Å². The molecule has 2 aliphatic carbocycles. The molecule has 104 valence electrons. The monoisotopic (exact) mass is 307 g/mol. The first-order chi connectivity index (χ1) is 9.72. The number of pyridine rings is 1. The van der Waals surface area contributed by atoms with Crippen molar-refractivity contribution in [3.8, 4) is 0 Å². The number of anilines is 1. The number of rotatable bonds is 4. The molecular weight excluding hydrogens is 294 g/mol. The molecule has 0 spiro atoms. The molecule has 20 heavy (non-hydrogen) atoms. The molecule has 2 heterocycles. The fraction of sp³-hybridized carbons (Fsp3) is 0.462. The van der Waals surface area contributed by atoms with Gasteiger partial charge in [0, 0.05) is 18.2 Å². The van der Waals surface area contributed by atoms with Crippen LogP contribution in [0.2, 0.25) is 5.02 Å². The Morgan fingerprint density at radius 2 is 2.05 bits per heavy atom. The van der Waals surface area contributed by atoms with Crippen LogP contribution >= 0.6 is 23.4 Å². The Morgan fingerprint density at radius 1 is 1.25 bits per heavy atom. The third-order valence-electron chi connectivity index (χ3n) is 3.58. The van der Waals surface area contributed by atoms with E-state index < -0.39 is 0 Å². The summed E-state index contributed by atoms with van der Waals surface area (Å²) in [7, 11) is 0. The minimum atomic E-state index is 0.550. The predicted octanol–water partition coefficient (Wildman–Crippen LogP) is 3.27. The summed E-state index contributed by atoms with van der Waals surface area (Å²) in [5.74, 6) is 1.75. The number of aromatic nitrogens is 4. The van der Waals surface area contributed by atoms with Crippen LogP contribution in [0.5, 0.6) is 0 Å². The Labute approximate surface area is 125 Å². The van der Waals surface area contributed by atoms with Crippen LogP contribution in [0, 0.1) is 0 Å². The maximum Gasteiger partial charge on any atom is 0.197 e. The highest BCUT2D eigenvalue weighted by Gasteiger charge is 2.36. The number of hydrogen-bond acceptors (Lipinski definition) is 5. The molecule has 5 nitrogen and oxygen atoms in total. The highest BCUT2D eigenvalue weighted by molar-refractivity contribution is 7.99. The Bertz CT molecular complexity index is 663. The number of nitrogens with zero attached hydrogens (tertiary/aromatic N) is 4. The number of nitrogen functional groups attached to an aromatic ring is 1. The SMILES string of the molecule is Nc1cc(Cl)cnc1Sc1nnc(C2CC2)n1C1CC1. The normalized spacial score (nSPS) is 18.4. The molecule has 7 heteroatoms. The molecule has 0 atom stereocenters. The molecule has 0 radical (unpaired) electrons. The van der Waals surface area contributed by atoms with Gasteiger partial charge >= 0.3 is 0 Å². The molecule has 0 amide bonds. The molecule has 0 aliphatic heterocycles. The molecular formula is C13H14ClN5S. The molecule has 2 N–H and O–H groups in total. The smallest absolute Gasteiger partial charge is 0.197 e. The zero-order valence-corrected chi connectivity index (χ0v) is 12.4. The van der Waals surface area contributed by atoms with Gasteiger partial charge in [-0.2, -0.15) is 0 Å². The van der Waals surface area contributed by atoms with Gasteiger partial charge in [0.25, 0.3) is 0 Å². The number of halogens is 1. The lowest BCUT2D eigenvalue weighted by molar-refractivity contribution is 0.626. The van der Waals surface area contributed by atoms with Crippen LogP contribution in [0.1, 0.15) is 43.5 Å². The first-order valence-electron chi connectivity index (χ1n) is 6.76. The van der Waals surface area contributed by atoms with Crippen LogP contribution < -0.4 is 5.73 Å². The van der Waals surface area contributed by atoms with E-state index >= 15 is 0 Å². The molecule has 4 rings (SSSR count). The van der Waals surface area contributed by atoms with Crippen LogP contribution in [-0.4, -0.2) is 19.7 Å². The Kier molecular flexibility index (Phi) is 2.89. The fourth-order valence-electron chi connectivity index (χ4n) is 2.27. The number of hydrogen-bond donors (Lipinski definition) is 1. The molecule has 0 aromatic carbocycles. The maximum atomic E-state index is 5.96. The van der Waals surface area contributed by atoms with Crippen molar-refractivity contribution in [3.05, 3.63) is 23.1 Å². The third-order valence-corrected chi connectivity index (χ3v) is 4.78. The van der Waals surface area contributed by atoms with E-state index in [4.69, 9.17) is 17.3 Å². The molecule has 2 saturated carbocycles. The lowest BCUT2D eigenvalue weighted by Gasteiger charge is -2.08. The highest BCUT2D eigenvalue weighted by Crippen LogP contribution is 2.46. The lowest BCUT2D eigenvalue weighted by atomic mass is 10.4. The summed E-state index contributed by atoms with van der Waals surface area (Å²) in [6.07, 6.45) is 6.51. The van der Waals surface area contributed by atoms with E-state index in [9.17, 15) is 0 Å². The van der Waals surface area contributed by atoms with E-state index in [0.717, 1.165) is 16.0 Å². The summed E-state index contributed by atoms with van der Waals surface area (Å²) < 4.78 is 2.29. The largest absolute Gasteiger partial charge is 0.396 e. The van der Waals surface area contributed by atoms with Crippen LogP contribution in [-0.2, 0) is 0 Å². The zero-order valence-electron chi connectivity index (χ0n) is 10.8. The minimum Gasteiger partial charge on any atom is -0.396 e. The van der Waals surface area contributed by atoms with Crippen LogP contribution in [0.25, 0.3) is 0 Å². The summed E-state index contributed by atoms with van der Waals surface area (Å²) in [4.78, 5) is 4.29. The van der Waals surface area contributed by atoms with Gasteiger partial charge in [0.15, 0.2) is 5.16 Å². The van der Waals surface area contributed by atoms with Gasteiger partial charge in [0.2, 0.25) is 0 Å². The summed E-state index contributed by atoms with van der Waals surface area (Å²) >= 11 is 7.36. The average molecular weight is 308 g/mol. The van der Waals surface area contributed by atoms with E-state index in [2.05, 4.69) is 19.7 Å². The van der Waals surface area contributed by atoms with E-state index in [-0.39, 0.29) is 0 Å². The van der Waals surface area contributed by atoms with Crippen molar-refractivity contribution in [3.63, 3.8) is 0 Å². The maximum absolute atomic E-state index is 5.96. The van der Waals surface area contributed by atoms with Crippen molar-refractivity contribution < 1.29 is 0 Å². The van der Waals surface area contributed by atoms with E-state index in [1.54, 1.807) is 12.3 Å². The van der Waals surface area contributed by atoms with Crippen LogP contribution in [0.3, 0.4) is 0 Å². The van der Waals surface area contributed by atoms with E-state index in [1.165, 1.54) is 37.4 Å². The van der Waals surface area contributed by atoms with Crippen molar-refractivity contribution in [1.82, 2.24) is 19.7 Å². The van der Waals surface area contributed by atoms with Gasteiger partial charge < -0.3 is 10.3 Å². The van der Waals surface area contributed by atoms with E-state index in [0.29, 0.717) is 22.7 Å². The van der Waals surface area contributed by atoms with E-state index in [1.807, 2.05) is 0 Å². The number of nitrogens with two attached hydrogens (primary N) is 1. The van der Waals surface area contributed by atoms with Crippen LogP contribution in [0.4, 0.5) is 5.69 Å². The van der Waals surface area contributed by atoms with Gasteiger partial charge in [-0.25, -0.2) is 4.98 Å². The second kappa shape index (κ2) is 4.63. The lowest BCUT2D eigenvalue weighted by Crippen LogP contribution is -2.02. The van der Waals surface area contributed by atoms with Gasteiger partial charge in [0.05, 0.1) is 10.7 Å². The van der Waals surface area contributed by atoms with Crippen molar-refractivity contribution in [2.24, 2.45) is 0 Å². The van der Waals surface area contributed by atoms with Gasteiger partial charge in [-0.1, -0.05) is 11.6 Å². The highest BCUT2D eigenvalue weighted by atomic mass is 35.5. The predicted molar refractivity (Wildman–Crippen MR) is 78.1 cm³/mol. The Hall–Kier alpha value is -1.27. The second-order valence-electron chi connectivity index (χ2n) is 5.37. The Balaban J connectivity index is 1.68. The first kappa shape index (κ1) is 12.5. The topological polar surface area (TPSA) is 69.6 Å². The van der Waals surface area contributed by atoms with Crippen LogP contribution in [0.15, 0.2) is 22.4 Å². The molecule has 2 fully saturated rings. The average Bonchev–Trinajstić information content (AvgIpc) is 3.31. The molecule has 2 aromatic rings. The minimum absolute atomic E-state index is 0.550. The zero-order chi connectivity index (χ0) is 13.7. The Morgan fingerprint density at radius 3 is 2.70 bits per heavy atom. The standard InChI is InChI=1S/C13H14ClN5S/c14-8-5-10(15)12(16-6-8)20-13-18-17-11(7-1-2-7)19(13)9-3-4-9/h5-7,9H,1-4,15H2. The molecule has 2 aromatic heterocycles. The van der Waals surface area contributed by atoms with Crippen molar-refractivity contribution >= 4 is 29.1 Å². The molecule has 0 saturated heterocycles. The van der Waals surface area contributed by atoms with Crippen molar-refractivity contribution in [2.75, 3.05) is 5.73 Å². The second-order valence-corrected chi connectivity index (χ2v) is 6.76. The van der Waals surface area contributed by atoms with Crippen molar-refractivity contribution in [2.45, 2.75) is 47.8 Å². The van der Waals surface area contributed by atoms with Gasteiger partial charge in [0.1, 0.15) is 10.9 Å². The molecule has 0 bridgehead atoms. The molecule has 2 aliphatic rings. The van der Waals surface area contributed by atoms with Crippen molar-refractivity contribution in [1.29, 1.82) is 0 Å². The molecule has 0 unspecified atom stereocenters.